The van der Waals surface area contributed by atoms with Gasteiger partial charge in [-0.3, -0.25) is 0 Å². The smallest absolute Gasteiger partial charge is 0.0837 e. The predicted octanol–water partition coefficient (Wildman–Crippen LogP) is 3.10. The van der Waals surface area contributed by atoms with Crippen LogP contribution >= 0.6 is 22.5 Å². The first kappa shape index (κ1) is 7.13. The van der Waals surface area contributed by atoms with Crippen molar-refractivity contribution in [1.82, 2.24) is 4.98 Å². The summed E-state index contributed by atoms with van der Waals surface area (Å²) in [5, 5.41) is 2.33. The number of nitrogens with one attached hydrogen (secondary N) is 1. The minimum absolute atomic E-state index is 1.09. The first-order valence-corrected chi connectivity index (χ1v) is 5.16. The van der Waals surface area contributed by atoms with Gasteiger partial charge in [-0.2, -0.15) is 0 Å². The number of para-hydroxylation sites is 1. The molecule has 1 aromatic carbocycles. The Balaban J connectivity index is 2.69. The Kier molecular flexibility index (Phi) is 1.84. The number of H-pyrrole nitrogens is 1. The number of rotatable bonds is 1. The number of thiol groups is 1. The predicted molar refractivity (Wildman–Crippen MR) is 53.1 cm³/mol. The monoisotopic (exact) mass is 181 g/mol. The lowest BCUT2D eigenvalue weighted by Crippen LogP contribution is -1.63. The van der Waals surface area contributed by atoms with E-state index in [2.05, 4.69) is 34.8 Å². The highest BCUT2D eigenvalue weighted by Gasteiger charge is 1.96. The van der Waals surface area contributed by atoms with Gasteiger partial charge in [0.2, 0.25) is 0 Å². The van der Waals surface area contributed by atoms with E-state index in [0.717, 1.165) is 5.03 Å². The van der Waals surface area contributed by atoms with Gasteiger partial charge in [-0.1, -0.05) is 18.2 Å². The van der Waals surface area contributed by atoms with Crippen LogP contribution in [0.5, 0.6) is 0 Å². The molecular formula is C8H7NS2. The number of aromatic nitrogens is 1. The van der Waals surface area contributed by atoms with Crippen molar-refractivity contribution in [1.29, 1.82) is 0 Å². The van der Waals surface area contributed by atoms with Crippen molar-refractivity contribution in [3.8, 4) is 0 Å². The van der Waals surface area contributed by atoms with Crippen molar-refractivity contribution >= 4 is 33.4 Å². The number of hydrogen-bond acceptors (Lipinski definition) is 2. The Morgan fingerprint density at radius 2 is 2.09 bits per heavy atom. The number of aromatic amines is 1. The maximum absolute atomic E-state index is 4.11. The number of benzene rings is 1. The summed E-state index contributed by atoms with van der Waals surface area (Å²) in [6, 6.07) is 10.3. The van der Waals surface area contributed by atoms with Gasteiger partial charge in [0.25, 0.3) is 0 Å². The van der Waals surface area contributed by atoms with Gasteiger partial charge in [-0.05, 0) is 22.9 Å². The normalized spacial score (nSPS) is 10.6. The molecule has 0 atom stereocenters. The summed E-state index contributed by atoms with van der Waals surface area (Å²) >= 11 is 4.11. The molecule has 0 saturated carbocycles. The van der Waals surface area contributed by atoms with Crippen LogP contribution in [0.15, 0.2) is 35.4 Å². The fourth-order valence-corrected chi connectivity index (χ4v) is 1.73. The van der Waals surface area contributed by atoms with Crippen molar-refractivity contribution in [3.63, 3.8) is 0 Å². The lowest BCUT2D eigenvalue weighted by Gasteiger charge is -1.84. The maximum Gasteiger partial charge on any atom is 0.0837 e. The standard InChI is InChI=1S/C8H7NS2/c10-11-8-5-6-3-1-2-4-7(6)9-8/h1-5,9-10H. The quantitative estimate of drug-likeness (QED) is 0.510. The second kappa shape index (κ2) is 2.83. The molecule has 0 spiro atoms. The molecule has 0 aliphatic heterocycles. The zero-order valence-corrected chi connectivity index (χ0v) is 7.45. The Labute approximate surface area is 74.0 Å². The molecule has 1 aromatic heterocycles. The molecule has 56 valence electrons. The molecule has 2 rings (SSSR count). The van der Waals surface area contributed by atoms with Crippen molar-refractivity contribution < 1.29 is 0 Å². The van der Waals surface area contributed by atoms with E-state index in [9.17, 15) is 0 Å². The van der Waals surface area contributed by atoms with Crippen LogP contribution in [0.3, 0.4) is 0 Å². The lowest BCUT2D eigenvalue weighted by molar-refractivity contribution is 1.25. The highest BCUT2D eigenvalue weighted by Crippen LogP contribution is 2.24. The zero-order chi connectivity index (χ0) is 7.68. The Hall–Kier alpha value is -0.540. The Bertz CT molecular complexity index is 334. The molecule has 11 heavy (non-hydrogen) atoms. The van der Waals surface area contributed by atoms with E-state index in [1.807, 2.05) is 12.1 Å². The fraction of sp³-hybridized carbons (Fsp3) is 0. The molecule has 2 aromatic rings. The van der Waals surface area contributed by atoms with E-state index in [1.165, 1.54) is 21.7 Å². The minimum atomic E-state index is 1.09. The van der Waals surface area contributed by atoms with Gasteiger partial charge >= 0.3 is 0 Å². The number of fused-ring (bicyclic) bond motifs is 1. The molecule has 0 saturated heterocycles. The second-order valence-electron chi connectivity index (χ2n) is 2.31. The van der Waals surface area contributed by atoms with Crippen LogP contribution in [0.4, 0.5) is 0 Å². The Morgan fingerprint density at radius 3 is 2.82 bits per heavy atom. The highest BCUT2D eigenvalue weighted by molar-refractivity contribution is 8.68. The lowest BCUT2D eigenvalue weighted by atomic mass is 10.3. The van der Waals surface area contributed by atoms with Gasteiger partial charge in [-0.15, -0.1) is 11.7 Å². The van der Waals surface area contributed by atoms with Crippen LogP contribution in [-0.2, 0) is 0 Å². The third kappa shape index (κ3) is 1.26. The Morgan fingerprint density at radius 1 is 1.27 bits per heavy atom. The molecule has 0 aliphatic carbocycles. The van der Waals surface area contributed by atoms with Gasteiger partial charge in [0, 0.05) is 10.9 Å². The fourth-order valence-electron chi connectivity index (χ4n) is 1.10. The third-order valence-corrected chi connectivity index (χ3v) is 2.61. The molecule has 0 amide bonds. The minimum Gasteiger partial charge on any atom is -0.349 e. The van der Waals surface area contributed by atoms with E-state index in [0.29, 0.717) is 0 Å². The first-order valence-electron chi connectivity index (χ1n) is 3.29. The average molecular weight is 181 g/mol. The van der Waals surface area contributed by atoms with E-state index in [1.54, 1.807) is 0 Å². The van der Waals surface area contributed by atoms with Crippen LogP contribution in [0.25, 0.3) is 10.9 Å². The average Bonchev–Trinajstić information content (AvgIpc) is 2.46. The van der Waals surface area contributed by atoms with Crippen LogP contribution in [0.2, 0.25) is 0 Å². The summed E-state index contributed by atoms with van der Waals surface area (Å²) < 4.78 is 0. The molecule has 3 heteroatoms. The van der Waals surface area contributed by atoms with Gasteiger partial charge in [0.1, 0.15) is 0 Å². The van der Waals surface area contributed by atoms with E-state index < -0.39 is 0 Å². The highest BCUT2D eigenvalue weighted by atomic mass is 33.1. The molecule has 1 N–H and O–H groups in total. The molecule has 0 bridgehead atoms. The molecule has 0 radical (unpaired) electrons. The van der Waals surface area contributed by atoms with E-state index in [-0.39, 0.29) is 0 Å². The molecular weight excluding hydrogens is 174 g/mol. The van der Waals surface area contributed by atoms with Crippen molar-refractivity contribution in [3.05, 3.63) is 30.3 Å². The molecule has 0 unspecified atom stereocenters. The van der Waals surface area contributed by atoms with Gasteiger partial charge in [0.15, 0.2) is 0 Å². The third-order valence-electron chi connectivity index (χ3n) is 1.60. The van der Waals surface area contributed by atoms with Crippen LogP contribution in [0, 0.1) is 0 Å². The summed E-state index contributed by atoms with van der Waals surface area (Å²) in [6.45, 7) is 0. The van der Waals surface area contributed by atoms with Crippen LogP contribution < -0.4 is 0 Å². The van der Waals surface area contributed by atoms with Crippen LogP contribution in [0.1, 0.15) is 0 Å². The van der Waals surface area contributed by atoms with E-state index in [4.69, 9.17) is 0 Å². The van der Waals surface area contributed by atoms with Crippen molar-refractivity contribution in [2.24, 2.45) is 0 Å². The summed E-state index contributed by atoms with van der Waals surface area (Å²) in [5.74, 6) is 0. The van der Waals surface area contributed by atoms with Gasteiger partial charge < -0.3 is 4.98 Å². The summed E-state index contributed by atoms with van der Waals surface area (Å²) in [4.78, 5) is 3.23. The molecule has 1 heterocycles. The second-order valence-corrected chi connectivity index (χ2v) is 3.48. The van der Waals surface area contributed by atoms with Gasteiger partial charge in [0.05, 0.1) is 5.03 Å². The molecule has 0 fully saturated rings. The van der Waals surface area contributed by atoms with E-state index >= 15 is 0 Å². The topological polar surface area (TPSA) is 15.8 Å². The van der Waals surface area contributed by atoms with Crippen LogP contribution in [-0.4, -0.2) is 4.98 Å². The summed E-state index contributed by atoms with van der Waals surface area (Å²) in [7, 11) is 1.43. The SMILES string of the molecule is SSc1cc2ccccc2[nH]1. The maximum atomic E-state index is 4.11. The van der Waals surface area contributed by atoms with Crippen molar-refractivity contribution in [2.75, 3.05) is 0 Å². The zero-order valence-electron chi connectivity index (χ0n) is 5.74. The summed E-state index contributed by atoms with van der Waals surface area (Å²) in [5.41, 5.74) is 1.17. The van der Waals surface area contributed by atoms with Gasteiger partial charge in [-0.25, -0.2) is 0 Å². The van der Waals surface area contributed by atoms with Crippen molar-refractivity contribution in [2.45, 2.75) is 5.03 Å². The number of hydrogen-bond donors (Lipinski definition) is 2. The largest absolute Gasteiger partial charge is 0.349 e. The molecule has 1 nitrogen and oxygen atoms in total. The first-order chi connectivity index (χ1) is 5.40. The summed E-state index contributed by atoms with van der Waals surface area (Å²) in [6.07, 6.45) is 0. The molecule has 0 aliphatic rings.